The molecule has 0 spiro atoms. The van der Waals surface area contributed by atoms with E-state index in [9.17, 15) is 9.90 Å². The molecule has 1 aromatic carbocycles. The number of benzene rings is 1. The van der Waals surface area contributed by atoms with Gasteiger partial charge in [-0.15, -0.1) is 12.4 Å². The van der Waals surface area contributed by atoms with E-state index in [1.54, 1.807) is 18.2 Å². The van der Waals surface area contributed by atoms with Crippen molar-refractivity contribution in [3.63, 3.8) is 0 Å². The molecule has 0 bridgehead atoms. The van der Waals surface area contributed by atoms with Crippen LogP contribution < -0.4 is 10.1 Å². The molecule has 0 saturated heterocycles. The molecule has 0 aromatic heterocycles. The average molecular weight is 304 g/mol. The van der Waals surface area contributed by atoms with E-state index >= 15 is 0 Å². The summed E-state index contributed by atoms with van der Waals surface area (Å²) >= 11 is 0. The van der Waals surface area contributed by atoms with Gasteiger partial charge in [-0.25, -0.2) is 4.79 Å². The smallest absolute Gasteiger partial charge is 0.339 e. The first kappa shape index (κ1) is 18.7. The van der Waals surface area contributed by atoms with Crippen molar-refractivity contribution >= 4 is 18.4 Å². The lowest BCUT2D eigenvalue weighted by atomic mass is 10.1. The van der Waals surface area contributed by atoms with Crippen molar-refractivity contribution in [3.05, 3.63) is 29.8 Å². The van der Waals surface area contributed by atoms with Crippen molar-refractivity contribution in [2.45, 2.75) is 32.4 Å². The molecule has 0 radical (unpaired) electrons. The number of carbonyl (C=O) groups is 1. The number of nitrogens with one attached hydrogen (secondary N) is 1. The molecule has 114 valence electrons. The summed E-state index contributed by atoms with van der Waals surface area (Å²) < 4.78 is 5.35. The van der Waals surface area contributed by atoms with E-state index < -0.39 is 12.1 Å². The SMILES string of the molecule is CC(C)(C)NCC(O)COc1ccccc1C(=O)O.Cl. The molecule has 0 amide bonds. The molecule has 1 unspecified atom stereocenters. The number of β-amino-alcohol motifs (C(OH)–C–C–N with tert-alkyl or cyclic N) is 1. The third-order valence-electron chi connectivity index (χ3n) is 2.42. The van der Waals surface area contributed by atoms with E-state index in [2.05, 4.69) is 5.32 Å². The molecule has 1 rings (SSSR count). The van der Waals surface area contributed by atoms with Crippen LogP contribution in [0.15, 0.2) is 24.3 Å². The normalized spacial score (nSPS) is 12.4. The quantitative estimate of drug-likeness (QED) is 0.748. The van der Waals surface area contributed by atoms with Crippen LogP contribution >= 0.6 is 12.4 Å². The molecule has 1 atom stereocenters. The van der Waals surface area contributed by atoms with Crippen molar-refractivity contribution in [1.29, 1.82) is 0 Å². The van der Waals surface area contributed by atoms with Crippen molar-refractivity contribution < 1.29 is 19.7 Å². The average Bonchev–Trinajstić information content (AvgIpc) is 2.33. The molecule has 0 heterocycles. The number of para-hydroxylation sites is 1. The predicted molar refractivity (Wildman–Crippen MR) is 79.9 cm³/mol. The van der Waals surface area contributed by atoms with Crippen LogP contribution in [0.3, 0.4) is 0 Å². The predicted octanol–water partition coefficient (Wildman–Crippen LogP) is 1.93. The Morgan fingerprint density at radius 1 is 1.35 bits per heavy atom. The zero-order valence-electron chi connectivity index (χ0n) is 11.9. The van der Waals surface area contributed by atoms with Crippen LogP contribution in [0.25, 0.3) is 0 Å². The molecule has 0 aliphatic rings. The molecule has 20 heavy (non-hydrogen) atoms. The van der Waals surface area contributed by atoms with E-state index in [0.29, 0.717) is 6.54 Å². The zero-order valence-corrected chi connectivity index (χ0v) is 12.7. The number of carboxylic acid groups (broad SMARTS) is 1. The molecule has 1 aromatic rings. The van der Waals surface area contributed by atoms with E-state index in [-0.39, 0.29) is 35.9 Å². The Morgan fingerprint density at radius 2 is 1.95 bits per heavy atom. The first-order chi connectivity index (χ1) is 8.79. The van der Waals surface area contributed by atoms with Crippen LogP contribution in [-0.2, 0) is 0 Å². The molecular formula is C14H22ClNO4. The summed E-state index contributed by atoms with van der Waals surface area (Å²) in [6.45, 7) is 6.44. The second kappa shape index (κ2) is 8.09. The van der Waals surface area contributed by atoms with Gasteiger partial charge in [-0.1, -0.05) is 12.1 Å². The van der Waals surface area contributed by atoms with Gasteiger partial charge >= 0.3 is 5.97 Å². The van der Waals surface area contributed by atoms with Crippen LogP contribution in [0.1, 0.15) is 31.1 Å². The van der Waals surface area contributed by atoms with Crippen LogP contribution in [0.5, 0.6) is 5.75 Å². The fourth-order valence-electron chi connectivity index (χ4n) is 1.44. The summed E-state index contributed by atoms with van der Waals surface area (Å²) in [4.78, 5) is 11.0. The fourth-order valence-corrected chi connectivity index (χ4v) is 1.44. The number of hydrogen-bond donors (Lipinski definition) is 3. The lowest BCUT2D eigenvalue weighted by Gasteiger charge is -2.23. The van der Waals surface area contributed by atoms with Crippen LogP contribution in [0, 0.1) is 0 Å². The number of halogens is 1. The summed E-state index contributed by atoms with van der Waals surface area (Å²) in [6, 6.07) is 6.38. The second-order valence-electron chi connectivity index (χ2n) is 5.40. The minimum Gasteiger partial charge on any atom is -0.490 e. The first-order valence-electron chi connectivity index (χ1n) is 6.18. The number of carboxylic acids is 1. The number of hydrogen-bond acceptors (Lipinski definition) is 4. The minimum atomic E-state index is -1.04. The summed E-state index contributed by atoms with van der Waals surface area (Å²) in [7, 11) is 0. The Labute approximate surface area is 125 Å². The Balaban J connectivity index is 0.00000361. The topological polar surface area (TPSA) is 78.8 Å². The van der Waals surface area contributed by atoms with Gasteiger partial charge in [0.05, 0.1) is 0 Å². The highest BCUT2D eigenvalue weighted by atomic mass is 35.5. The van der Waals surface area contributed by atoms with Gasteiger partial charge in [-0.3, -0.25) is 0 Å². The van der Waals surface area contributed by atoms with Gasteiger partial charge in [0, 0.05) is 12.1 Å². The summed E-state index contributed by atoms with van der Waals surface area (Å²) in [5, 5.41) is 21.9. The number of ether oxygens (including phenoxy) is 1. The minimum absolute atomic E-state index is 0. The van der Waals surface area contributed by atoms with Crippen LogP contribution in [0.2, 0.25) is 0 Å². The maximum absolute atomic E-state index is 11.0. The Kier molecular flexibility index (Phi) is 7.57. The maximum Gasteiger partial charge on any atom is 0.339 e. The molecule has 3 N–H and O–H groups in total. The fraction of sp³-hybridized carbons (Fsp3) is 0.500. The van der Waals surface area contributed by atoms with Gasteiger partial charge in [0.2, 0.25) is 0 Å². The van der Waals surface area contributed by atoms with Gasteiger partial charge in [-0.05, 0) is 32.9 Å². The van der Waals surface area contributed by atoms with Crippen molar-refractivity contribution in [2.24, 2.45) is 0 Å². The van der Waals surface area contributed by atoms with Crippen molar-refractivity contribution in [1.82, 2.24) is 5.32 Å². The lowest BCUT2D eigenvalue weighted by Crippen LogP contribution is -2.42. The van der Waals surface area contributed by atoms with Crippen molar-refractivity contribution in [2.75, 3.05) is 13.2 Å². The first-order valence-corrected chi connectivity index (χ1v) is 6.18. The monoisotopic (exact) mass is 303 g/mol. The van der Waals surface area contributed by atoms with E-state index in [0.717, 1.165) is 0 Å². The second-order valence-corrected chi connectivity index (χ2v) is 5.40. The van der Waals surface area contributed by atoms with Gasteiger partial charge in [0.1, 0.15) is 24.0 Å². The lowest BCUT2D eigenvalue weighted by molar-refractivity contribution is 0.0681. The third-order valence-corrected chi connectivity index (χ3v) is 2.42. The molecule has 0 aliphatic heterocycles. The Bertz CT molecular complexity index is 431. The summed E-state index contributed by atoms with van der Waals surface area (Å²) in [5.74, 6) is -0.775. The molecule has 0 fully saturated rings. The number of rotatable bonds is 6. The van der Waals surface area contributed by atoms with Gasteiger partial charge in [0.15, 0.2) is 0 Å². The molecule has 0 aliphatic carbocycles. The zero-order chi connectivity index (χ0) is 14.5. The number of aromatic carboxylic acids is 1. The highest BCUT2D eigenvalue weighted by Gasteiger charge is 2.14. The van der Waals surface area contributed by atoms with Gasteiger partial charge < -0.3 is 20.3 Å². The van der Waals surface area contributed by atoms with E-state index in [4.69, 9.17) is 9.84 Å². The Hall–Kier alpha value is -1.30. The highest BCUT2D eigenvalue weighted by molar-refractivity contribution is 5.90. The van der Waals surface area contributed by atoms with Crippen molar-refractivity contribution in [3.8, 4) is 5.75 Å². The molecule has 0 saturated carbocycles. The highest BCUT2D eigenvalue weighted by Crippen LogP contribution is 2.17. The Morgan fingerprint density at radius 3 is 2.50 bits per heavy atom. The standard InChI is InChI=1S/C14H21NO4.ClH/c1-14(2,3)15-8-10(16)9-19-12-7-5-4-6-11(12)13(17)18;/h4-7,10,15-16H,8-9H2,1-3H3,(H,17,18);1H. The third kappa shape index (κ3) is 6.75. The van der Waals surface area contributed by atoms with Gasteiger partial charge in [-0.2, -0.15) is 0 Å². The van der Waals surface area contributed by atoms with Gasteiger partial charge in [0.25, 0.3) is 0 Å². The van der Waals surface area contributed by atoms with E-state index in [1.165, 1.54) is 6.07 Å². The molecular weight excluding hydrogens is 282 g/mol. The largest absolute Gasteiger partial charge is 0.490 e. The van der Waals surface area contributed by atoms with Crippen LogP contribution in [-0.4, -0.2) is 41.0 Å². The number of aliphatic hydroxyl groups is 1. The maximum atomic E-state index is 11.0. The number of aliphatic hydroxyl groups excluding tert-OH is 1. The van der Waals surface area contributed by atoms with E-state index in [1.807, 2.05) is 20.8 Å². The molecule has 5 nitrogen and oxygen atoms in total. The summed E-state index contributed by atoms with van der Waals surface area (Å²) in [5.41, 5.74) is 0.0124. The van der Waals surface area contributed by atoms with Crippen LogP contribution in [0.4, 0.5) is 0 Å². The summed E-state index contributed by atoms with van der Waals surface area (Å²) in [6.07, 6.45) is -0.693. The molecule has 6 heteroatoms.